The van der Waals surface area contributed by atoms with Gasteiger partial charge in [-0.05, 0) is 17.7 Å². The topological polar surface area (TPSA) is 56.3 Å². The van der Waals surface area contributed by atoms with Crippen LogP contribution in [0.25, 0.3) is 5.57 Å². The standard InChI is InChI=1S/C12H8ClF2NO3/c1-7(8(6-18)2-3-17)9-4-11(13)16-5-10(9)19-12(14)15/h2-6,12H,1H2/b8-2-. The third kappa shape index (κ3) is 3.96. The van der Waals surface area contributed by atoms with Gasteiger partial charge in [-0.3, -0.25) is 9.59 Å². The summed E-state index contributed by atoms with van der Waals surface area (Å²) in [5, 5.41) is 0.00844. The van der Waals surface area contributed by atoms with E-state index in [0.717, 1.165) is 12.3 Å². The minimum absolute atomic E-state index is 0.00844. The number of halogens is 3. The van der Waals surface area contributed by atoms with E-state index in [4.69, 9.17) is 11.6 Å². The molecule has 4 nitrogen and oxygen atoms in total. The van der Waals surface area contributed by atoms with Gasteiger partial charge >= 0.3 is 6.61 Å². The molecule has 0 saturated carbocycles. The average Bonchev–Trinajstić information content (AvgIpc) is 2.36. The first kappa shape index (κ1) is 15.0. The molecule has 0 fully saturated rings. The van der Waals surface area contributed by atoms with Crippen LogP contribution >= 0.6 is 11.6 Å². The van der Waals surface area contributed by atoms with Crippen LogP contribution < -0.4 is 4.74 Å². The molecule has 1 rings (SSSR count). The summed E-state index contributed by atoms with van der Waals surface area (Å²) in [5.74, 6) is -0.289. The second-order valence-electron chi connectivity index (χ2n) is 3.24. The van der Waals surface area contributed by atoms with Crippen molar-refractivity contribution in [2.75, 3.05) is 0 Å². The number of aromatic nitrogens is 1. The highest BCUT2D eigenvalue weighted by Gasteiger charge is 2.15. The predicted octanol–water partition coefficient (Wildman–Crippen LogP) is 2.67. The third-order valence-electron chi connectivity index (χ3n) is 2.10. The molecule has 0 atom stereocenters. The lowest BCUT2D eigenvalue weighted by molar-refractivity contribution is -0.106. The Morgan fingerprint density at radius 2 is 2.16 bits per heavy atom. The van der Waals surface area contributed by atoms with Crippen molar-refractivity contribution in [1.82, 2.24) is 4.98 Å². The fourth-order valence-electron chi connectivity index (χ4n) is 1.28. The van der Waals surface area contributed by atoms with Crippen LogP contribution in [0.5, 0.6) is 5.75 Å². The number of pyridine rings is 1. The molecule has 1 heterocycles. The van der Waals surface area contributed by atoms with Crippen molar-refractivity contribution in [3.63, 3.8) is 0 Å². The Kier molecular flexibility index (Phi) is 5.32. The maximum absolute atomic E-state index is 12.2. The molecule has 0 amide bonds. The van der Waals surface area contributed by atoms with Gasteiger partial charge in [-0.2, -0.15) is 8.78 Å². The smallest absolute Gasteiger partial charge is 0.387 e. The second kappa shape index (κ2) is 6.75. The maximum atomic E-state index is 12.2. The number of carbonyl (C=O) groups is 2. The molecule has 0 bridgehead atoms. The summed E-state index contributed by atoms with van der Waals surface area (Å²) in [6.07, 6.45) is 2.69. The van der Waals surface area contributed by atoms with Crippen LogP contribution in [0.2, 0.25) is 5.15 Å². The Morgan fingerprint density at radius 3 is 2.68 bits per heavy atom. The van der Waals surface area contributed by atoms with E-state index in [1.54, 1.807) is 0 Å². The number of allylic oxidation sites excluding steroid dienone is 3. The van der Waals surface area contributed by atoms with Crippen molar-refractivity contribution >= 4 is 29.7 Å². The molecule has 0 aliphatic carbocycles. The van der Waals surface area contributed by atoms with Crippen molar-refractivity contribution in [3.05, 3.63) is 41.2 Å². The number of alkyl halides is 2. The molecule has 0 aliphatic heterocycles. The Hall–Kier alpha value is -2.08. The van der Waals surface area contributed by atoms with Gasteiger partial charge in [0.2, 0.25) is 0 Å². The highest BCUT2D eigenvalue weighted by atomic mass is 35.5. The Balaban J connectivity index is 3.27. The van der Waals surface area contributed by atoms with E-state index in [9.17, 15) is 18.4 Å². The lowest BCUT2D eigenvalue weighted by Crippen LogP contribution is -2.05. The summed E-state index contributed by atoms with van der Waals surface area (Å²) in [5.41, 5.74) is 0.0129. The monoisotopic (exact) mass is 287 g/mol. The zero-order valence-corrected chi connectivity index (χ0v) is 10.2. The number of hydrogen-bond acceptors (Lipinski definition) is 4. The SMILES string of the molecule is C=C(/C(C=O)=C\C=O)c1cc(Cl)ncc1OC(F)F. The molecule has 0 saturated heterocycles. The van der Waals surface area contributed by atoms with Gasteiger partial charge in [-0.15, -0.1) is 0 Å². The van der Waals surface area contributed by atoms with Crippen LogP contribution in [0.15, 0.2) is 30.5 Å². The molecule has 7 heteroatoms. The van der Waals surface area contributed by atoms with E-state index in [1.807, 2.05) is 0 Å². The first-order valence-corrected chi connectivity index (χ1v) is 5.28. The summed E-state index contributed by atoms with van der Waals surface area (Å²) in [7, 11) is 0. The van der Waals surface area contributed by atoms with Crippen LogP contribution in [0.1, 0.15) is 5.56 Å². The average molecular weight is 288 g/mol. The molecule has 0 spiro atoms. The molecular weight excluding hydrogens is 280 g/mol. The Labute approximate surface area is 112 Å². The zero-order chi connectivity index (χ0) is 14.4. The summed E-state index contributed by atoms with van der Waals surface area (Å²) < 4.78 is 28.7. The van der Waals surface area contributed by atoms with Gasteiger partial charge in [0, 0.05) is 11.1 Å². The molecule has 1 aromatic rings. The molecule has 0 unspecified atom stereocenters. The molecule has 0 N–H and O–H groups in total. The third-order valence-corrected chi connectivity index (χ3v) is 2.30. The second-order valence-corrected chi connectivity index (χ2v) is 3.62. The van der Waals surface area contributed by atoms with Gasteiger partial charge < -0.3 is 4.74 Å². The number of carbonyl (C=O) groups excluding carboxylic acids is 2. The number of rotatable bonds is 6. The van der Waals surface area contributed by atoms with Crippen LogP contribution in [-0.2, 0) is 9.59 Å². The molecule has 1 aromatic heterocycles. The highest BCUT2D eigenvalue weighted by Crippen LogP contribution is 2.31. The van der Waals surface area contributed by atoms with Crippen LogP contribution in [0.4, 0.5) is 8.78 Å². The number of aldehydes is 2. The van der Waals surface area contributed by atoms with Gasteiger partial charge in [0.1, 0.15) is 11.4 Å². The summed E-state index contributed by atoms with van der Waals surface area (Å²) in [6.45, 7) is 0.489. The van der Waals surface area contributed by atoms with Crippen LogP contribution in [0.3, 0.4) is 0 Å². The largest absolute Gasteiger partial charge is 0.433 e. The van der Waals surface area contributed by atoms with Crippen molar-refractivity contribution in [3.8, 4) is 5.75 Å². The lowest BCUT2D eigenvalue weighted by atomic mass is 10.0. The van der Waals surface area contributed by atoms with E-state index >= 15 is 0 Å². The molecular formula is C12H8ClF2NO3. The normalized spacial score (nSPS) is 11.3. The minimum Gasteiger partial charge on any atom is -0.433 e. The summed E-state index contributed by atoms with van der Waals surface area (Å²) >= 11 is 5.65. The minimum atomic E-state index is -3.07. The Morgan fingerprint density at radius 1 is 1.47 bits per heavy atom. The van der Waals surface area contributed by atoms with Crippen molar-refractivity contribution < 1.29 is 23.1 Å². The van der Waals surface area contributed by atoms with Crippen molar-refractivity contribution in [2.24, 2.45) is 0 Å². The number of ether oxygens (including phenoxy) is 1. The summed E-state index contributed by atoms with van der Waals surface area (Å²) in [4.78, 5) is 24.8. The zero-order valence-electron chi connectivity index (χ0n) is 9.48. The van der Waals surface area contributed by atoms with Crippen LogP contribution in [0, 0.1) is 0 Å². The molecule has 19 heavy (non-hydrogen) atoms. The fraction of sp³-hybridized carbons (Fsp3) is 0.0833. The van der Waals surface area contributed by atoms with Gasteiger partial charge in [-0.1, -0.05) is 18.2 Å². The van der Waals surface area contributed by atoms with Gasteiger partial charge in [0.15, 0.2) is 12.0 Å². The highest BCUT2D eigenvalue weighted by molar-refractivity contribution is 6.29. The van der Waals surface area contributed by atoms with Crippen molar-refractivity contribution in [2.45, 2.75) is 6.61 Å². The Bertz CT molecular complexity index is 544. The van der Waals surface area contributed by atoms with Gasteiger partial charge in [0.05, 0.1) is 6.20 Å². The van der Waals surface area contributed by atoms with Gasteiger partial charge in [0.25, 0.3) is 0 Å². The van der Waals surface area contributed by atoms with E-state index < -0.39 is 6.61 Å². The van der Waals surface area contributed by atoms with Crippen LogP contribution in [-0.4, -0.2) is 24.2 Å². The first-order valence-electron chi connectivity index (χ1n) is 4.90. The molecule has 0 aromatic carbocycles. The number of hydrogen-bond donors (Lipinski definition) is 0. The van der Waals surface area contributed by atoms with E-state index in [0.29, 0.717) is 12.6 Å². The quantitative estimate of drug-likeness (QED) is 0.349. The molecule has 0 radical (unpaired) electrons. The first-order chi connectivity index (χ1) is 8.99. The predicted molar refractivity (Wildman–Crippen MR) is 65.1 cm³/mol. The maximum Gasteiger partial charge on any atom is 0.387 e. The molecule has 100 valence electrons. The van der Waals surface area contributed by atoms with E-state index in [-0.39, 0.29) is 27.6 Å². The van der Waals surface area contributed by atoms with Crippen molar-refractivity contribution in [1.29, 1.82) is 0 Å². The number of nitrogens with zero attached hydrogens (tertiary/aromatic N) is 1. The lowest BCUT2D eigenvalue weighted by Gasteiger charge is -2.12. The fourth-order valence-corrected chi connectivity index (χ4v) is 1.44. The van der Waals surface area contributed by atoms with E-state index in [2.05, 4.69) is 16.3 Å². The van der Waals surface area contributed by atoms with Gasteiger partial charge in [-0.25, -0.2) is 4.98 Å². The van der Waals surface area contributed by atoms with E-state index in [1.165, 1.54) is 6.07 Å². The summed E-state index contributed by atoms with van der Waals surface area (Å²) in [6, 6.07) is 1.21. The molecule has 0 aliphatic rings.